The van der Waals surface area contributed by atoms with Crippen LogP contribution in [0.2, 0.25) is 0 Å². The standard InChI is InChI=1S/C16H26N6O2/c1-14(20-9-11-24-12-10-20)13-19-16(23)22-7-5-21(6-8-22)15-17-3-2-4-18-15/h2-4,14H,5-13H2,1H3,(H,19,23)/t14-/m1/s1. The van der Waals surface area contributed by atoms with Gasteiger partial charge in [0.1, 0.15) is 0 Å². The van der Waals surface area contributed by atoms with Crippen molar-refractivity contribution in [1.82, 2.24) is 25.1 Å². The van der Waals surface area contributed by atoms with Gasteiger partial charge in [0.25, 0.3) is 0 Å². The predicted octanol–water partition coefficient (Wildman–Crippen LogP) is 0.0289. The molecule has 0 spiro atoms. The van der Waals surface area contributed by atoms with Crippen LogP contribution in [-0.4, -0.2) is 90.9 Å². The van der Waals surface area contributed by atoms with Gasteiger partial charge in [-0.15, -0.1) is 0 Å². The SMILES string of the molecule is C[C@H](CNC(=O)N1CCN(c2ncccn2)CC1)N1CCOCC1. The fourth-order valence-electron chi connectivity index (χ4n) is 3.06. The molecule has 2 aliphatic heterocycles. The zero-order valence-electron chi connectivity index (χ0n) is 14.2. The lowest BCUT2D eigenvalue weighted by Crippen LogP contribution is -2.54. The van der Waals surface area contributed by atoms with E-state index in [-0.39, 0.29) is 6.03 Å². The molecule has 2 amide bonds. The van der Waals surface area contributed by atoms with Crippen LogP contribution in [0, 0.1) is 0 Å². The number of rotatable bonds is 4. The Morgan fingerprint density at radius 1 is 1.17 bits per heavy atom. The third-order valence-electron chi connectivity index (χ3n) is 4.62. The van der Waals surface area contributed by atoms with Gasteiger partial charge in [-0.1, -0.05) is 0 Å². The van der Waals surface area contributed by atoms with Crippen molar-refractivity contribution >= 4 is 12.0 Å². The second kappa shape index (κ2) is 8.25. The summed E-state index contributed by atoms with van der Waals surface area (Å²) in [5.41, 5.74) is 0. The van der Waals surface area contributed by atoms with Gasteiger partial charge in [-0.25, -0.2) is 14.8 Å². The fourth-order valence-corrected chi connectivity index (χ4v) is 3.06. The molecule has 0 unspecified atom stereocenters. The number of nitrogens with zero attached hydrogens (tertiary/aromatic N) is 5. The second-order valence-electron chi connectivity index (χ2n) is 6.21. The van der Waals surface area contributed by atoms with E-state index in [1.807, 2.05) is 11.0 Å². The van der Waals surface area contributed by atoms with E-state index < -0.39 is 0 Å². The molecule has 0 bridgehead atoms. The maximum absolute atomic E-state index is 12.4. The highest BCUT2D eigenvalue weighted by Gasteiger charge is 2.23. The smallest absolute Gasteiger partial charge is 0.317 e. The Morgan fingerprint density at radius 2 is 1.83 bits per heavy atom. The number of hydrogen-bond acceptors (Lipinski definition) is 6. The van der Waals surface area contributed by atoms with Crippen LogP contribution in [0.15, 0.2) is 18.5 Å². The average molecular weight is 334 g/mol. The summed E-state index contributed by atoms with van der Waals surface area (Å²) in [5, 5.41) is 3.06. The molecule has 3 heterocycles. The molecule has 2 fully saturated rings. The summed E-state index contributed by atoms with van der Waals surface area (Å²) in [6.45, 7) is 9.15. The van der Waals surface area contributed by atoms with Crippen molar-refractivity contribution in [3.05, 3.63) is 18.5 Å². The van der Waals surface area contributed by atoms with Gasteiger partial charge in [-0.05, 0) is 13.0 Å². The maximum Gasteiger partial charge on any atom is 0.317 e. The molecule has 0 aromatic carbocycles. The van der Waals surface area contributed by atoms with E-state index in [4.69, 9.17) is 4.74 Å². The zero-order valence-corrected chi connectivity index (χ0v) is 14.2. The van der Waals surface area contributed by atoms with Crippen LogP contribution in [-0.2, 0) is 4.74 Å². The fraction of sp³-hybridized carbons (Fsp3) is 0.688. The first-order chi connectivity index (χ1) is 11.7. The summed E-state index contributed by atoms with van der Waals surface area (Å²) in [6, 6.07) is 2.16. The van der Waals surface area contributed by atoms with Gasteiger partial charge >= 0.3 is 6.03 Å². The molecule has 0 radical (unpaired) electrons. The van der Waals surface area contributed by atoms with Gasteiger partial charge in [0.05, 0.1) is 13.2 Å². The minimum absolute atomic E-state index is 0.0174. The van der Waals surface area contributed by atoms with E-state index in [0.717, 1.165) is 45.3 Å². The van der Waals surface area contributed by atoms with Crippen molar-refractivity contribution in [3.63, 3.8) is 0 Å². The van der Waals surface area contributed by atoms with Gasteiger partial charge in [0, 0.05) is 64.2 Å². The summed E-state index contributed by atoms with van der Waals surface area (Å²) < 4.78 is 5.37. The van der Waals surface area contributed by atoms with Crippen LogP contribution < -0.4 is 10.2 Å². The first kappa shape index (κ1) is 16.9. The zero-order chi connectivity index (χ0) is 16.8. The summed E-state index contributed by atoms with van der Waals surface area (Å²) in [6.07, 6.45) is 3.49. The molecular formula is C16H26N6O2. The number of piperazine rings is 1. The predicted molar refractivity (Wildman–Crippen MR) is 91.1 cm³/mol. The largest absolute Gasteiger partial charge is 0.379 e. The number of carbonyl (C=O) groups is 1. The number of urea groups is 1. The summed E-state index contributed by atoms with van der Waals surface area (Å²) in [7, 11) is 0. The Balaban J connectivity index is 1.40. The summed E-state index contributed by atoms with van der Waals surface area (Å²) in [4.78, 5) is 27.2. The van der Waals surface area contributed by atoms with Gasteiger partial charge < -0.3 is 19.9 Å². The van der Waals surface area contributed by atoms with E-state index in [2.05, 4.69) is 32.0 Å². The monoisotopic (exact) mass is 334 g/mol. The highest BCUT2D eigenvalue weighted by molar-refractivity contribution is 5.74. The number of amides is 2. The van der Waals surface area contributed by atoms with Gasteiger partial charge in [0.2, 0.25) is 5.95 Å². The molecule has 1 N–H and O–H groups in total. The minimum atomic E-state index is 0.0174. The van der Waals surface area contributed by atoms with E-state index in [1.54, 1.807) is 12.4 Å². The Bertz CT molecular complexity index is 515. The Kier molecular flexibility index (Phi) is 5.81. The molecule has 8 heteroatoms. The number of nitrogens with one attached hydrogen (secondary N) is 1. The van der Waals surface area contributed by atoms with Gasteiger partial charge in [-0.2, -0.15) is 0 Å². The maximum atomic E-state index is 12.4. The molecule has 1 aromatic heterocycles. The highest BCUT2D eigenvalue weighted by Crippen LogP contribution is 2.10. The Labute approximate surface area is 142 Å². The molecule has 1 aromatic rings. The van der Waals surface area contributed by atoms with Gasteiger partial charge in [0.15, 0.2) is 0 Å². The van der Waals surface area contributed by atoms with Crippen molar-refractivity contribution < 1.29 is 9.53 Å². The first-order valence-electron chi connectivity index (χ1n) is 8.60. The number of carbonyl (C=O) groups excluding carboxylic acids is 1. The first-order valence-corrected chi connectivity index (χ1v) is 8.60. The lowest BCUT2D eigenvalue weighted by atomic mass is 10.2. The van der Waals surface area contributed by atoms with Crippen LogP contribution >= 0.6 is 0 Å². The average Bonchev–Trinajstić information content (AvgIpc) is 2.67. The molecule has 0 saturated carbocycles. The summed E-state index contributed by atoms with van der Waals surface area (Å²) in [5.74, 6) is 0.735. The topological polar surface area (TPSA) is 73.8 Å². The number of hydrogen-bond donors (Lipinski definition) is 1. The molecule has 3 rings (SSSR count). The number of anilines is 1. The highest BCUT2D eigenvalue weighted by atomic mass is 16.5. The van der Waals surface area contributed by atoms with Crippen molar-refractivity contribution in [1.29, 1.82) is 0 Å². The van der Waals surface area contributed by atoms with Crippen LogP contribution in [0.3, 0.4) is 0 Å². The quantitative estimate of drug-likeness (QED) is 0.837. The van der Waals surface area contributed by atoms with Crippen LogP contribution in [0.5, 0.6) is 0 Å². The molecule has 2 saturated heterocycles. The minimum Gasteiger partial charge on any atom is -0.379 e. The Hall–Kier alpha value is -1.93. The van der Waals surface area contributed by atoms with Gasteiger partial charge in [-0.3, -0.25) is 4.90 Å². The number of morpholine rings is 1. The number of ether oxygens (including phenoxy) is 1. The third-order valence-corrected chi connectivity index (χ3v) is 4.62. The molecule has 24 heavy (non-hydrogen) atoms. The Morgan fingerprint density at radius 3 is 2.50 bits per heavy atom. The molecule has 0 aliphatic carbocycles. The molecule has 1 atom stereocenters. The van der Waals surface area contributed by atoms with Crippen molar-refractivity contribution in [2.75, 3.05) is 63.9 Å². The summed E-state index contributed by atoms with van der Waals surface area (Å²) >= 11 is 0. The third kappa shape index (κ3) is 4.33. The van der Waals surface area contributed by atoms with Crippen LogP contribution in [0.4, 0.5) is 10.7 Å². The van der Waals surface area contributed by atoms with Crippen molar-refractivity contribution in [3.8, 4) is 0 Å². The second-order valence-corrected chi connectivity index (χ2v) is 6.21. The van der Waals surface area contributed by atoms with E-state index in [1.165, 1.54) is 0 Å². The van der Waals surface area contributed by atoms with Crippen molar-refractivity contribution in [2.45, 2.75) is 13.0 Å². The lowest BCUT2D eigenvalue weighted by Gasteiger charge is -2.36. The molecular weight excluding hydrogens is 308 g/mol. The molecule has 8 nitrogen and oxygen atoms in total. The molecule has 132 valence electrons. The normalized spacial score (nSPS) is 20.7. The van der Waals surface area contributed by atoms with E-state index in [9.17, 15) is 4.79 Å². The number of aromatic nitrogens is 2. The van der Waals surface area contributed by atoms with Crippen LogP contribution in [0.25, 0.3) is 0 Å². The van der Waals surface area contributed by atoms with E-state index in [0.29, 0.717) is 25.7 Å². The lowest BCUT2D eigenvalue weighted by molar-refractivity contribution is 0.0206. The molecule has 2 aliphatic rings. The van der Waals surface area contributed by atoms with E-state index >= 15 is 0 Å². The van der Waals surface area contributed by atoms with Crippen molar-refractivity contribution in [2.24, 2.45) is 0 Å². The van der Waals surface area contributed by atoms with Crippen LogP contribution in [0.1, 0.15) is 6.92 Å².